The maximum absolute atomic E-state index is 11.6. The predicted octanol–water partition coefficient (Wildman–Crippen LogP) is 1.16. The zero-order valence-corrected chi connectivity index (χ0v) is 10.6. The fourth-order valence-electron chi connectivity index (χ4n) is 0.934. The molecule has 0 aliphatic carbocycles. The Morgan fingerprint density at radius 2 is 1.93 bits per heavy atom. The van der Waals surface area contributed by atoms with Crippen molar-refractivity contribution in [2.75, 3.05) is 32.6 Å². The monoisotopic (exact) mass is 221 g/mol. The molecular weight excluding hydrogens is 198 g/mol. The molecule has 1 unspecified atom stereocenters. The summed E-state index contributed by atoms with van der Waals surface area (Å²) in [5.41, 5.74) is 0. The molecular formula is C10H23NO2S. The van der Waals surface area contributed by atoms with Crippen molar-refractivity contribution in [2.24, 2.45) is 0 Å². The first-order valence-electron chi connectivity index (χ1n) is 5.06. The van der Waals surface area contributed by atoms with Crippen LogP contribution in [0.3, 0.4) is 0 Å². The third-order valence-electron chi connectivity index (χ3n) is 1.85. The number of ether oxygens (including phenoxy) is 1. The molecule has 3 nitrogen and oxygen atoms in total. The van der Waals surface area contributed by atoms with Crippen molar-refractivity contribution in [3.05, 3.63) is 0 Å². The molecule has 0 saturated heterocycles. The maximum atomic E-state index is 11.6. The summed E-state index contributed by atoms with van der Waals surface area (Å²) in [6.45, 7) is 8.58. The van der Waals surface area contributed by atoms with E-state index < -0.39 is 10.8 Å². The van der Waals surface area contributed by atoms with Gasteiger partial charge < -0.3 is 10.1 Å². The van der Waals surface area contributed by atoms with Gasteiger partial charge in [0.2, 0.25) is 0 Å². The second kappa shape index (κ2) is 7.37. The van der Waals surface area contributed by atoms with E-state index in [4.69, 9.17) is 4.74 Å². The van der Waals surface area contributed by atoms with Crippen LogP contribution >= 0.6 is 0 Å². The van der Waals surface area contributed by atoms with Crippen LogP contribution in [0, 0.1) is 0 Å². The molecule has 0 aromatic rings. The van der Waals surface area contributed by atoms with Crippen LogP contribution in [0.1, 0.15) is 27.2 Å². The van der Waals surface area contributed by atoms with Gasteiger partial charge in [0, 0.05) is 35.0 Å². The van der Waals surface area contributed by atoms with Crippen molar-refractivity contribution in [1.29, 1.82) is 0 Å². The van der Waals surface area contributed by atoms with Gasteiger partial charge >= 0.3 is 0 Å². The average molecular weight is 221 g/mol. The molecule has 86 valence electrons. The van der Waals surface area contributed by atoms with Crippen LogP contribution < -0.4 is 5.32 Å². The van der Waals surface area contributed by atoms with Crippen LogP contribution in [-0.2, 0) is 15.5 Å². The molecule has 0 aliphatic heterocycles. The van der Waals surface area contributed by atoms with Crippen LogP contribution in [0.15, 0.2) is 0 Å². The minimum Gasteiger partial charge on any atom is -0.383 e. The molecule has 0 spiro atoms. The van der Waals surface area contributed by atoms with E-state index in [1.807, 2.05) is 20.8 Å². The van der Waals surface area contributed by atoms with E-state index in [-0.39, 0.29) is 4.75 Å². The predicted molar refractivity (Wildman–Crippen MR) is 62.1 cm³/mol. The molecule has 1 atom stereocenters. The summed E-state index contributed by atoms with van der Waals surface area (Å²) in [4.78, 5) is 0. The van der Waals surface area contributed by atoms with Crippen molar-refractivity contribution in [2.45, 2.75) is 31.9 Å². The topological polar surface area (TPSA) is 38.3 Å². The Bertz CT molecular complexity index is 166. The van der Waals surface area contributed by atoms with Gasteiger partial charge in [0.25, 0.3) is 0 Å². The van der Waals surface area contributed by atoms with Crippen LogP contribution in [0.2, 0.25) is 0 Å². The first-order chi connectivity index (χ1) is 6.48. The van der Waals surface area contributed by atoms with E-state index in [9.17, 15) is 4.21 Å². The van der Waals surface area contributed by atoms with Gasteiger partial charge in [-0.05, 0) is 33.7 Å². The molecule has 1 N–H and O–H groups in total. The molecule has 0 rings (SSSR count). The third-order valence-corrected chi connectivity index (χ3v) is 3.87. The quantitative estimate of drug-likeness (QED) is 0.656. The molecule has 0 fully saturated rings. The Morgan fingerprint density at radius 3 is 2.43 bits per heavy atom. The van der Waals surface area contributed by atoms with Crippen LogP contribution in [0.25, 0.3) is 0 Å². The van der Waals surface area contributed by atoms with E-state index in [0.29, 0.717) is 0 Å². The Hall–Kier alpha value is 0.0700. The minimum absolute atomic E-state index is 0.0769. The maximum Gasteiger partial charge on any atom is 0.0587 e. The van der Waals surface area contributed by atoms with Gasteiger partial charge in [-0.25, -0.2) is 0 Å². The standard InChI is InChI=1S/C10H23NO2S/c1-10(2,3)14(12)9-5-6-11-7-8-13-4/h11H,5-9H2,1-4H3. The SMILES string of the molecule is COCCNCCCS(=O)C(C)(C)C. The Balaban J connectivity index is 3.33. The highest BCUT2D eigenvalue weighted by Crippen LogP contribution is 2.11. The van der Waals surface area contributed by atoms with Crippen LogP contribution in [0.4, 0.5) is 0 Å². The highest BCUT2D eigenvalue weighted by molar-refractivity contribution is 7.86. The number of hydrogen-bond donors (Lipinski definition) is 1. The molecule has 0 saturated carbocycles. The summed E-state index contributed by atoms with van der Waals surface area (Å²) in [5.74, 6) is 0.781. The van der Waals surface area contributed by atoms with Gasteiger partial charge in [-0.2, -0.15) is 0 Å². The highest BCUT2D eigenvalue weighted by Gasteiger charge is 2.18. The Labute approximate surface area is 90.1 Å². The van der Waals surface area contributed by atoms with Crippen molar-refractivity contribution in [1.82, 2.24) is 5.32 Å². The van der Waals surface area contributed by atoms with E-state index in [1.165, 1.54) is 0 Å². The summed E-state index contributed by atoms with van der Waals surface area (Å²) in [6, 6.07) is 0. The zero-order chi connectivity index (χ0) is 11.0. The van der Waals surface area contributed by atoms with Crippen molar-refractivity contribution in [3.63, 3.8) is 0 Å². The molecule has 0 radical (unpaired) electrons. The van der Waals surface area contributed by atoms with Gasteiger partial charge in [0.1, 0.15) is 0 Å². The minimum atomic E-state index is -0.716. The molecule has 0 bridgehead atoms. The largest absolute Gasteiger partial charge is 0.383 e. The lowest BCUT2D eigenvalue weighted by Crippen LogP contribution is -2.27. The summed E-state index contributed by atoms with van der Waals surface area (Å²) in [6.07, 6.45) is 0.966. The van der Waals surface area contributed by atoms with Crippen molar-refractivity contribution < 1.29 is 8.95 Å². The molecule has 0 aliphatic rings. The van der Waals surface area contributed by atoms with Crippen molar-refractivity contribution in [3.8, 4) is 0 Å². The van der Waals surface area contributed by atoms with E-state index >= 15 is 0 Å². The normalized spacial score (nSPS) is 14.3. The third kappa shape index (κ3) is 7.47. The molecule has 14 heavy (non-hydrogen) atoms. The first kappa shape index (κ1) is 14.1. The van der Waals surface area contributed by atoms with Gasteiger partial charge in [0.15, 0.2) is 0 Å². The lowest BCUT2D eigenvalue weighted by atomic mass is 10.3. The first-order valence-corrected chi connectivity index (χ1v) is 6.38. The lowest BCUT2D eigenvalue weighted by Gasteiger charge is -2.17. The van der Waals surface area contributed by atoms with Gasteiger partial charge in [-0.15, -0.1) is 0 Å². The zero-order valence-electron chi connectivity index (χ0n) is 9.76. The van der Waals surface area contributed by atoms with Crippen molar-refractivity contribution >= 4 is 10.8 Å². The molecule has 0 amide bonds. The van der Waals surface area contributed by atoms with Gasteiger partial charge in [0.05, 0.1) is 6.61 Å². The number of hydrogen-bond acceptors (Lipinski definition) is 3. The highest BCUT2D eigenvalue weighted by atomic mass is 32.2. The summed E-state index contributed by atoms with van der Waals surface area (Å²) < 4.78 is 16.4. The molecule has 0 aromatic heterocycles. The number of rotatable bonds is 7. The lowest BCUT2D eigenvalue weighted by molar-refractivity contribution is 0.199. The van der Waals surface area contributed by atoms with Crippen LogP contribution in [0.5, 0.6) is 0 Å². The second-order valence-electron chi connectivity index (χ2n) is 4.26. The summed E-state index contributed by atoms with van der Waals surface area (Å²) >= 11 is 0. The smallest absolute Gasteiger partial charge is 0.0587 e. The Morgan fingerprint density at radius 1 is 1.29 bits per heavy atom. The average Bonchev–Trinajstić information content (AvgIpc) is 2.09. The van der Waals surface area contributed by atoms with E-state index in [0.717, 1.165) is 31.9 Å². The molecule has 4 heteroatoms. The van der Waals surface area contributed by atoms with Gasteiger partial charge in [-0.1, -0.05) is 0 Å². The molecule has 0 heterocycles. The fourth-order valence-corrected chi connectivity index (χ4v) is 1.95. The summed E-state index contributed by atoms with van der Waals surface area (Å²) in [7, 11) is 0.975. The number of methoxy groups -OCH3 is 1. The number of nitrogens with one attached hydrogen (secondary N) is 1. The second-order valence-corrected chi connectivity index (χ2v) is 6.58. The Kier molecular flexibility index (Phi) is 7.41. The van der Waals surface area contributed by atoms with Crippen LogP contribution in [-0.4, -0.2) is 41.5 Å². The summed E-state index contributed by atoms with van der Waals surface area (Å²) in [5, 5.41) is 3.23. The van der Waals surface area contributed by atoms with E-state index in [1.54, 1.807) is 7.11 Å². The van der Waals surface area contributed by atoms with E-state index in [2.05, 4.69) is 5.32 Å². The van der Waals surface area contributed by atoms with Gasteiger partial charge in [-0.3, -0.25) is 4.21 Å². The fraction of sp³-hybridized carbons (Fsp3) is 1.00. The molecule has 0 aromatic carbocycles.